The van der Waals surface area contributed by atoms with Crippen LogP contribution >= 0.6 is 0 Å². The fraction of sp³-hybridized carbons (Fsp3) is 0.217. The summed E-state index contributed by atoms with van der Waals surface area (Å²) < 4.78 is 0. The van der Waals surface area contributed by atoms with Crippen LogP contribution in [0.4, 0.5) is 0 Å². The molecule has 150 valence electrons. The van der Waals surface area contributed by atoms with Crippen molar-refractivity contribution in [3.8, 4) is 22.5 Å². The number of piperazine rings is 1. The van der Waals surface area contributed by atoms with Gasteiger partial charge < -0.3 is 14.8 Å². The van der Waals surface area contributed by atoms with Gasteiger partial charge in [0.1, 0.15) is 5.82 Å². The normalized spacial score (nSPS) is 14.9. The van der Waals surface area contributed by atoms with Gasteiger partial charge in [0, 0.05) is 67.0 Å². The minimum Gasteiger partial charge on any atom is -0.336 e. The number of nitrogens with one attached hydrogen (secondary N) is 1. The minimum absolute atomic E-state index is 0.0831. The summed E-state index contributed by atoms with van der Waals surface area (Å²) >= 11 is 0. The molecule has 1 aromatic carbocycles. The first-order valence-corrected chi connectivity index (χ1v) is 10.0. The van der Waals surface area contributed by atoms with E-state index in [0.29, 0.717) is 11.2 Å². The monoisotopic (exact) mass is 398 g/mol. The highest BCUT2D eigenvalue weighted by Crippen LogP contribution is 2.28. The Hall–Kier alpha value is -3.58. The maximum absolute atomic E-state index is 12.8. The van der Waals surface area contributed by atoms with Crippen molar-refractivity contribution in [1.82, 2.24) is 29.7 Å². The lowest BCUT2D eigenvalue weighted by molar-refractivity contribution is 0.0664. The van der Waals surface area contributed by atoms with Gasteiger partial charge in [-0.05, 0) is 31.3 Å². The van der Waals surface area contributed by atoms with E-state index in [9.17, 15) is 4.79 Å². The van der Waals surface area contributed by atoms with Crippen molar-refractivity contribution in [2.45, 2.75) is 0 Å². The molecule has 0 bridgehead atoms. The smallest absolute Gasteiger partial charge is 0.253 e. The number of hydrogen-bond donors (Lipinski definition) is 1. The third-order valence-electron chi connectivity index (χ3n) is 5.56. The lowest BCUT2D eigenvalue weighted by Crippen LogP contribution is -2.47. The molecule has 1 aliphatic rings. The van der Waals surface area contributed by atoms with Crippen LogP contribution in [-0.4, -0.2) is 68.9 Å². The van der Waals surface area contributed by atoms with Gasteiger partial charge in [0.2, 0.25) is 0 Å². The second kappa shape index (κ2) is 7.68. The summed E-state index contributed by atoms with van der Waals surface area (Å²) in [6.45, 7) is 3.36. The van der Waals surface area contributed by atoms with Crippen LogP contribution in [0.2, 0.25) is 0 Å². The van der Waals surface area contributed by atoms with E-state index in [4.69, 9.17) is 0 Å². The highest BCUT2D eigenvalue weighted by atomic mass is 16.2. The van der Waals surface area contributed by atoms with Crippen molar-refractivity contribution in [1.29, 1.82) is 0 Å². The van der Waals surface area contributed by atoms with E-state index in [0.717, 1.165) is 54.2 Å². The van der Waals surface area contributed by atoms with Gasteiger partial charge >= 0.3 is 0 Å². The fourth-order valence-corrected chi connectivity index (χ4v) is 3.77. The van der Waals surface area contributed by atoms with Crippen LogP contribution in [0, 0.1) is 0 Å². The fourth-order valence-electron chi connectivity index (χ4n) is 3.77. The Morgan fingerprint density at radius 3 is 2.50 bits per heavy atom. The van der Waals surface area contributed by atoms with Gasteiger partial charge in [-0.2, -0.15) is 0 Å². The zero-order valence-corrected chi connectivity index (χ0v) is 16.7. The number of benzene rings is 1. The zero-order valence-electron chi connectivity index (χ0n) is 16.7. The van der Waals surface area contributed by atoms with E-state index in [1.165, 1.54) is 0 Å². The van der Waals surface area contributed by atoms with Crippen LogP contribution in [0.5, 0.6) is 0 Å². The summed E-state index contributed by atoms with van der Waals surface area (Å²) in [6.07, 6.45) is 5.34. The molecule has 4 heterocycles. The molecule has 5 rings (SSSR count). The number of carbonyl (C=O) groups excluding carboxylic acids is 1. The lowest BCUT2D eigenvalue weighted by Gasteiger charge is -2.32. The van der Waals surface area contributed by atoms with E-state index >= 15 is 0 Å². The topological polar surface area (TPSA) is 78.0 Å². The first-order chi connectivity index (χ1) is 14.7. The Labute approximate surface area is 174 Å². The van der Waals surface area contributed by atoms with Crippen molar-refractivity contribution < 1.29 is 4.79 Å². The molecule has 1 amide bonds. The van der Waals surface area contributed by atoms with Gasteiger partial charge in [0.15, 0.2) is 5.65 Å². The Kier molecular flexibility index (Phi) is 4.72. The maximum atomic E-state index is 12.8. The standard InChI is InChI=1S/C23H22N6O/c1-28-11-13-29(14-12-28)23(30)17-6-4-16(5-7-17)21-26-20-19(8-10-25-22(20)27-21)18-3-2-9-24-15-18/h2-10,15H,11-14H2,1H3,(H,25,26,27). The molecule has 1 saturated heterocycles. The number of likely N-dealkylation sites (N-methyl/N-ethyl adjacent to an activating group) is 1. The van der Waals surface area contributed by atoms with Gasteiger partial charge in [-0.15, -0.1) is 0 Å². The number of carbonyl (C=O) groups is 1. The van der Waals surface area contributed by atoms with Crippen LogP contribution in [0.15, 0.2) is 61.1 Å². The number of amides is 1. The average molecular weight is 398 g/mol. The van der Waals surface area contributed by atoms with Gasteiger partial charge in [-0.25, -0.2) is 9.97 Å². The number of rotatable bonds is 3. The Morgan fingerprint density at radius 2 is 1.77 bits per heavy atom. The molecule has 7 heteroatoms. The van der Waals surface area contributed by atoms with Gasteiger partial charge in [-0.1, -0.05) is 18.2 Å². The predicted octanol–water partition coefficient (Wildman–Crippen LogP) is 3.07. The molecule has 7 nitrogen and oxygen atoms in total. The molecule has 0 saturated carbocycles. The van der Waals surface area contributed by atoms with Crippen molar-refractivity contribution >= 4 is 17.1 Å². The van der Waals surface area contributed by atoms with E-state index in [-0.39, 0.29) is 5.91 Å². The minimum atomic E-state index is 0.0831. The molecular formula is C23H22N6O. The molecular weight excluding hydrogens is 376 g/mol. The number of H-pyrrole nitrogens is 1. The second-order valence-corrected chi connectivity index (χ2v) is 7.56. The van der Waals surface area contributed by atoms with Crippen molar-refractivity contribution in [2.75, 3.05) is 33.2 Å². The zero-order chi connectivity index (χ0) is 20.5. The lowest BCUT2D eigenvalue weighted by atomic mass is 10.1. The molecule has 30 heavy (non-hydrogen) atoms. The quantitative estimate of drug-likeness (QED) is 0.574. The summed E-state index contributed by atoms with van der Waals surface area (Å²) in [4.78, 5) is 33.6. The maximum Gasteiger partial charge on any atom is 0.253 e. The molecule has 0 spiro atoms. The summed E-state index contributed by atoms with van der Waals surface area (Å²) in [5.74, 6) is 0.812. The molecule has 0 atom stereocenters. The van der Waals surface area contributed by atoms with Crippen molar-refractivity contribution in [3.63, 3.8) is 0 Å². The largest absolute Gasteiger partial charge is 0.336 e. The number of pyridine rings is 2. The van der Waals surface area contributed by atoms with Gasteiger partial charge in [0.25, 0.3) is 5.91 Å². The summed E-state index contributed by atoms with van der Waals surface area (Å²) in [7, 11) is 2.08. The highest BCUT2D eigenvalue weighted by Gasteiger charge is 2.20. The van der Waals surface area contributed by atoms with E-state index < -0.39 is 0 Å². The SMILES string of the molecule is CN1CCN(C(=O)c2ccc(-c3nc4nccc(-c5cccnc5)c4[nH]3)cc2)CC1. The molecule has 4 aromatic rings. The number of hydrogen-bond acceptors (Lipinski definition) is 5. The molecule has 0 aliphatic carbocycles. The summed E-state index contributed by atoms with van der Waals surface area (Å²) in [6, 6.07) is 13.5. The predicted molar refractivity (Wildman–Crippen MR) is 116 cm³/mol. The van der Waals surface area contributed by atoms with E-state index in [2.05, 4.69) is 31.9 Å². The molecule has 0 unspecified atom stereocenters. The first kappa shape index (κ1) is 18.4. The Morgan fingerprint density at radius 1 is 0.967 bits per heavy atom. The molecule has 1 aliphatic heterocycles. The van der Waals surface area contributed by atoms with Crippen LogP contribution in [0.25, 0.3) is 33.7 Å². The number of aromatic nitrogens is 4. The Balaban J connectivity index is 1.43. The molecule has 1 N–H and O–H groups in total. The molecule has 3 aromatic heterocycles. The molecule has 1 fully saturated rings. The highest BCUT2D eigenvalue weighted by molar-refractivity contribution is 5.95. The van der Waals surface area contributed by atoms with Crippen LogP contribution in [-0.2, 0) is 0 Å². The van der Waals surface area contributed by atoms with Crippen molar-refractivity contribution in [3.05, 3.63) is 66.6 Å². The van der Waals surface area contributed by atoms with Crippen molar-refractivity contribution in [2.24, 2.45) is 0 Å². The van der Waals surface area contributed by atoms with Crippen LogP contribution in [0.3, 0.4) is 0 Å². The van der Waals surface area contributed by atoms with E-state index in [1.807, 2.05) is 53.6 Å². The number of imidazole rings is 1. The third-order valence-corrected chi connectivity index (χ3v) is 5.56. The second-order valence-electron chi connectivity index (χ2n) is 7.56. The number of aromatic amines is 1. The number of nitrogens with zero attached hydrogens (tertiary/aromatic N) is 5. The van der Waals surface area contributed by atoms with Gasteiger partial charge in [0.05, 0.1) is 5.52 Å². The van der Waals surface area contributed by atoms with Crippen LogP contribution in [0.1, 0.15) is 10.4 Å². The first-order valence-electron chi connectivity index (χ1n) is 10.0. The third kappa shape index (κ3) is 3.44. The summed E-state index contributed by atoms with van der Waals surface area (Å²) in [5.41, 5.74) is 5.16. The average Bonchev–Trinajstić information content (AvgIpc) is 3.24. The number of fused-ring (bicyclic) bond motifs is 1. The van der Waals surface area contributed by atoms with Crippen LogP contribution < -0.4 is 0 Å². The Bertz CT molecular complexity index is 1180. The van der Waals surface area contributed by atoms with Gasteiger partial charge in [-0.3, -0.25) is 9.78 Å². The molecule has 0 radical (unpaired) electrons. The summed E-state index contributed by atoms with van der Waals surface area (Å²) in [5, 5.41) is 0. The van der Waals surface area contributed by atoms with E-state index in [1.54, 1.807) is 12.4 Å².